The summed E-state index contributed by atoms with van der Waals surface area (Å²) in [6.45, 7) is 0.653. The fraction of sp³-hybridized carbons (Fsp3) is 0.464. The average molecular weight is 581 g/mol. The summed E-state index contributed by atoms with van der Waals surface area (Å²) < 4.78 is 70.6. The molecule has 0 aliphatic carbocycles. The van der Waals surface area contributed by atoms with Crippen molar-refractivity contribution in [2.24, 2.45) is 0 Å². The summed E-state index contributed by atoms with van der Waals surface area (Å²) in [7, 11) is -8.90. The predicted molar refractivity (Wildman–Crippen MR) is 145 cm³/mol. The Balaban J connectivity index is 2.05. The number of aliphatic hydroxyl groups is 1. The Morgan fingerprint density at radius 3 is 1.92 bits per heavy atom. The van der Waals surface area contributed by atoms with Crippen molar-refractivity contribution in [2.75, 3.05) is 33.0 Å². The second-order valence-corrected chi connectivity index (χ2v) is 14.0. The zero-order valence-corrected chi connectivity index (χ0v) is 23.4. The van der Waals surface area contributed by atoms with E-state index in [1.165, 1.54) is 36.4 Å². The highest BCUT2D eigenvalue weighted by Crippen LogP contribution is 2.42. The van der Waals surface area contributed by atoms with E-state index in [1.807, 2.05) is 0 Å². The summed E-state index contributed by atoms with van der Waals surface area (Å²) >= 11 is 0. The Morgan fingerprint density at radius 1 is 0.744 bits per heavy atom. The highest BCUT2D eigenvalue weighted by Gasteiger charge is 2.54. The van der Waals surface area contributed by atoms with Crippen LogP contribution in [-0.4, -0.2) is 71.1 Å². The van der Waals surface area contributed by atoms with Crippen LogP contribution in [0.3, 0.4) is 0 Å². The number of aliphatic hydroxyl groups excluding tert-OH is 1. The van der Waals surface area contributed by atoms with Crippen LogP contribution in [0.5, 0.6) is 0 Å². The van der Waals surface area contributed by atoms with Gasteiger partial charge < -0.3 is 19.3 Å². The number of esters is 1. The van der Waals surface area contributed by atoms with E-state index in [1.54, 1.807) is 36.4 Å². The summed E-state index contributed by atoms with van der Waals surface area (Å²) in [6, 6.07) is 15.0. The highest BCUT2D eigenvalue weighted by molar-refractivity contribution is 8.10. The number of rotatable bonds is 4. The van der Waals surface area contributed by atoms with Crippen LogP contribution in [0.25, 0.3) is 0 Å². The number of hydrogen-bond acceptors (Lipinski definition) is 9. The fourth-order valence-corrected chi connectivity index (χ4v) is 9.45. The van der Waals surface area contributed by atoms with Gasteiger partial charge in [0.15, 0.2) is 23.8 Å². The van der Waals surface area contributed by atoms with Gasteiger partial charge in [-0.1, -0.05) is 61.4 Å². The Morgan fingerprint density at radius 2 is 1.31 bits per heavy atom. The maximum atomic E-state index is 14.2. The lowest BCUT2D eigenvalue weighted by atomic mass is 10.1. The van der Waals surface area contributed by atoms with Crippen LogP contribution in [0.4, 0.5) is 0 Å². The molecular weight excluding hydrogens is 544 g/mol. The van der Waals surface area contributed by atoms with E-state index < -0.39 is 35.8 Å². The van der Waals surface area contributed by atoms with E-state index >= 15 is 0 Å². The van der Waals surface area contributed by atoms with E-state index in [-0.39, 0.29) is 68.5 Å². The molecule has 0 saturated heterocycles. The number of carbonyl (C=O) groups is 1. The minimum absolute atomic E-state index is 0.0846. The molecule has 0 radical (unpaired) electrons. The van der Waals surface area contributed by atoms with Crippen LogP contribution in [0.2, 0.25) is 0 Å². The molecule has 214 valence electrons. The molecule has 1 atom stereocenters. The number of benzene rings is 2. The van der Waals surface area contributed by atoms with Gasteiger partial charge in [0.25, 0.3) is 0 Å². The molecule has 0 spiro atoms. The van der Waals surface area contributed by atoms with Gasteiger partial charge in [0.2, 0.25) is 0 Å². The molecule has 0 aromatic heterocycles. The largest absolute Gasteiger partial charge is 0.463 e. The molecule has 0 saturated carbocycles. The van der Waals surface area contributed by atoms with Gasteiger partial charge in [-0.15, -0.1) is 0 Å². The van der Waals surface area contributed by atoms with E-state index in [0.29, 0.717) is 12.8 Å². The molecule has 1 aliphatic heterocycles. The van der Waals surface area contributed by atoms with Crippen LogP contribution in [0.1, 0.15) is 38.5 Å². The van der Waals surface area contributed by atoms with Crippen LogP contribution in [-0.2, 0) is 38.7 Å². The van der Waals surface area contributed by atoms with Gasteiger partial charge in [0, 0.05) is 12.8 Å². The summed E-state index contributed by atoms with van der Waals surface area (Å²) in [5, 5.41) is 10.4. The van der Waals surface area contributed by atoms with Crippen LogP contribution >= 0.6 is 0 Å². The lowest BCUT2D eigenvalue weighted by Crippen LogP contribution is -2.46. The van der Waals surface area contributed by atoms with Crippen molar-refractivity contribution in [3.05, 3.63) is 72.8 Å². The van der Waals surface area contributed by atoms with E-state index in [2.05, 4.69) is 0 Å². The number of sulfone groups is 2. The molecule has 1 unspecified atom stereocenters. The first-order valence-electron chi connectivity index (χ1n) is 13.0. The number of cyclic esters (lactones) is 1. The van der Waals surface area contributed by atoms with Crippen molar-refractivity contribution in [3.63, 3.8) is 0 Å². The zero-order valence-electron chi connectivity index (χ0n) is 21.8. The lowest BCUT2D eigenvalue weighted by molar-refractivity contribution is -0.145. The first-order valence-corrected chi connectivity index (χ1v) is 15.9. The monoisotopic (exact) mass is 580 g/mol. The van der Waals surface area contributed by atoms with Crippen molar-refractivity contribution >= 4 is 25.6 Å². The SMILES string of the molecule is O=C1CCCCCC(S(=O)(=O)c2ccccc2)(S(=O)(=O)c2ccccc2)C/C=C/C(O)COCCOCCO1. The van der Waals surface area contributed by atoms with Crippen molar-refractivity contribution in [1.29, 1.82) is 0 Å². The van der Waals surface area contributed by atoms with Gasteiger partial charge in [0.1, 0.15) is 6.61 Å². The number of hydrogen-bond donors (Lipinski definition) is 1. The molecule has 1 N–H and O–H groups in total. The van der Waals surface area contributed by atoms with Crippen molar-refractivity contribution in [2.45, 2.75) is 58.5 Å². The maximum Gasteiger partial charge on any atom is 0.305 e. The van der Waals surface area contributed by atoms with Gasteiger partial charge in [-0.3, -0.25) is 4.79 Å². The second-order valence-electron chi connectivity index (χ2n) is 9.21. The normalized spacial score (nSPS) is 22.0. The third-order valence-electron chi connectivity index (χ3n) is 6.46. The van der Waals surface area contributed by atoms with E-state index in [0.717, 1.165) is 0 Å². The van der Waals surface area contributed by atoms with E-state index in [4.69, 9.17) is 14.2 Å². The smallest absolute Gasteiger partial charge is 0.305 e. The van der Waals surface area contributed by atoms with Gasteiger partial charge in [-0.25, -0.2) is 16.8 Å². The summed E-state index contributed by atoms with van der Waals surface area (Å²) in [5.74, 6) is -0.404. The number of carbonyl (C=O) groups excluding carboxylic acids is 1. The second kappa shape index (κ2) is 14.7. The fourth-order valence-electron chi connectivity index (χ4n) is 4.37. The highest BCUT2D eigenvalue weighted by atomic mass is 32.3. The number of ether oxygens (including phenoxy) is 3. The Labute approximate surface area is 230 Å². The van der Waals surface area contributed by atoms with Gasteiger partial charge in [-0.2, -0.15) is 0 Å². The Kier molecular flexibility index (Phi) is 11.7. The Bertz CT molecular complexity index is 1210. The molecule has 2 aromatic rings. The summed E-state index contributed by atoms with van der Waals surface area (Å²) in [4.78, 5) is 11.8. The lowest BCUT2D eigenvalue weighted by Gasteiger charge is -2.32. The summed E-state index contributed by atoms with van der Waals surface area (Å²) in [6.07, 6.45) is 2.27. The topological polar surface area (TPSA) is 133 Å². The van der Waals surface area contributed by atoms with Crippen molar-refractivity contribution < 1.29 is 40.9 Å². The van der Waals surface area contributed by atoms with Gasteiger partial charge in [0.05, 0.1) is 42.3 Å². The molecule has 0 fully saturated rings. The first kappa shape index (κ1) is 31.0. The molecular formula is C28H36O9S2. The number of allylic oxidation sites excluding steroid dienone is 1. The molecule has 11 heteroatoms. The first-order chi connectivity index (χ1) is 18.7. The molecule has 0 bridgehead atoms. The van der Waals surface area contributed by atoms with Gasteiger partial charge >= 0.3 is 5.97 Å². The molecule has 0 amide bonds. The average Bonchev–Trinajstić information content (AvgIpc) is 2.93. The molecule has 9 nitrogen and oxygen atoms in total. The van der Waals surface area contributed by atoms with Crippen LogP contribution < -0.4 is 0 Å². The van der Waals surface area contributed by atoms with E-state index in [9.17, 15) is 26.7 Å². The molecule has 39 heavy (non-hydrogen) atoms. The minimum atomic E-state index is -4.45. The molecule has 2 aromatic carbocycles. The van der Waals surface area contributed by atoms with Crippen molar-refractivity contribution in [3.8, 4) is 0 Å². The molecule has 1 heterocycles. The molecule has 1 aliphatic rings. The van der Waals surface area contributed by atoms with Crippen molar-refractivity contribution in [1.82, 2.24) is 0 Å². The third kappa shape index (κ3) is 7.98. The Hall–Kier alpha value is -2.57. The third-order valence-corrected chi connectivity index (χ3v) is 12.3. The van der Waals surface area contributed by atoms with Crippen LogP contribution in [0.15, 0.2) is 82.6 Å². The maximum absolute atomic E-state index is 14.2. The molecule has 3 rings (SSSR count). The van der Waals surface area contributed by atoms with Gasteiger partial charge in [-0.05, 0) is 37.1 Å². The summed E-state index contributed by atoms with van der Waals surface area (Å²) in [5.41, 5.74) is 0. The quantitative estimate of drug-likeness (QED) is 0.426. The zero-order chi connectivity index (χ0) is 28.2. The van der Waals surface area contributed by atoms with Crippen LogP contribution in [0, 0.1) is 0 Å². The minimum Gasteiger partial charge on any atom is -0.463 e. The predicted octanol–water partition coefficient (Wildman–Crippen LogP) is 3.48. The standard InChI is InChI=1S/C28H36O9S2/c29-24-11-10-18-28(38(31,32)25-12-4-1-5-13-25,39(33,34)26-14-6-2-7-15-26)17-9-3-8-16-27(30)37-22-21-35-19-20-36-23-24/h1-2,4-7,10-15,24,29H,3,8-9,16-23H2/b11-10+.